The normalized spacial score (nSPS) is 12.0. The first-order valence-electron chi connectivity index (χ1n) is 25.2. The molecule has 0 spiro atoms. The summed E-state index contributed by atoms with van der Waals surface area (Å²) in [7, 11) is 0. The average Bonchev–Trinajstić information content (AvgIpc) is 4.06. The predicted molar refractivity (Wildman–Crippen MR) is 308 cm³/mol. The minimum atomic E-state index is -1.86. The van der Waals surface area contributed by atoms with Gasteiger partial charge in [-0.1, -0.05) is 142 Å². The van der Waals surface area contributed by atoms with E-state index in [1.807, 2.05) is 29.5 Å². The molecule has 1 radical (unpaired) electrons. The fourth-order valence-electron chi connectivity index (χ4n) is 10.8. The molecule has 0 bridgehead atoms. The topological polar surface area (TPSA) is 35.6 Å². The van der Waals surface area contributed by atoms with E-state index in [4.69, 9.17) is 9.97 Å². The minimum Gasteiger partial charge on any atom is -0.350 e. The van der Waals surface area contributed by atoms with Gasteiger partial charge in [-0.15, -0.1) is 12.1 Å². The molecule has 361 valence electrons. The predicted octanol–water partition coefficient (Wildman–Crippen LogP) is 17.6. The number of para-hydroxylation sites is 3. The zero-order chi connectivity index (χ0) is 49.1. The summed E-state index contributed by atoms with van der Waals surface area (Å²) >= 11 is -0.0122. The summed E-state index contributed by atoms with van der Waals surface area (Å²) < 4.78 is 8.92. The Balaban J connectivity index is 0.000000240. The van der Waals surface area contributed by atoms with Crippen LogP contribution in [0.15, 0.2) is 170 Å². The number of hydrogen-bond donors (Lipinski definition) is 0. The van der Waals surface area contributed by atoms with Crippen LogP contribution < -0.4 is 4.40 Å². The summed E-state index contributed by atoms with van der Waals surface area (Å²) in [6.07, 6.45) is 3.27. The van der Waals surface area contributed by atoms with Crippen molar-refractivity contribution in [1.82, 2.24) is 19.1 Å². The van der Waals surface area contributed by atoms with Crippen molar-refractivity contribution in [2.45, 2.75) is 77.1 Å². The molecule has 0 aliphatic heterocycles. The fraction of sp³-hybridized carbons (Fsp3) is 0.200. The van der Waals surface area contributed by atoms with Crippen molar-refractivity contribution in [3.63, 3.8) is 0 Å². The maximum atomic E-state index is 5.55. The average molecular weight is 1190 g/mol. The molecule has 0 atom stereocenters. The van der Waals surface area contributed by atoms with Gasteiger partial charge < -0.3 is 9.13 Å². The SMILES string of the molecule is CC(C)Cc1cc(-c2[c-]cccc2)nc[c]1[Ge]([CH3])([CH3])[CH3].CC(C)c1cccc(C(C)C)c1-n1c(-c2[c-]cc(-n3c4ccccc4c4ccccc43)c3c2sc2ccccc23)nc2ccc3ccccc3c21.[Ir]. The van der Waals surface area contributed by atoms with Crippen molar-refractivity contribution < 1.29 is 20.1 Å². The summed E-state index contributed by atoms with van der Waals surface area (Å²) in [5.74, 6) is 9.57. The Kier molecular flexibility index (Phi) is 13.8. The van der Waals surface area contributed by atoms with Gasteiger partial charge in [0.05, 0.1) is 16.9 Å². The summed E-state index contributed by atoms with van der Waals surface area (Å²) in [4.78, 5) is 10.3. The smallest absolute Gasteiger partial charge is 0.0781 e. The second kappa shape index (κ2) is 20.0. The summed E-state index contributed by atoms with van der Waals surface area (Å²) in [5, 5.41) is 7.42. The third-order valence-corrected chi connectivity index (χ3v) is 19.5. The first kappa shape index (κ1) is 49.4. The zero-order valence-electron chi connectivity index (χ0n) is 42.6. The van der Waals surface area contributed by atoms with Crippen LogP contribution in [0.25, 0.3) is 97.8 Å². The van der Waals surface area contributed by atoms with Crippen LogP contribution in [0.1, 0.15) is 70.1 Å². The van der Waals surface area contributed by atoms with E-state index in [2.05, 4.69) is 232 Å². The molecule has 0 aliphatic rings. The number of rotatable bonds is 9. The number of nitrogens with zero attached hydrogens (tertiary/aromatic N) is 4. The van der Waals surface area contributed by atoms with Gasteiger partial charge in [0.15, 0.2) is 0 Å². The van der Waals surface area contributed by atoms with Crippen LogP contribution >= 0.6 is 11.3 Å². The van der Waals surface area contributed by atoms with Crippen molar-refractivity contribution in [1.29, 1.82) is 0 Å². The van der Waals surface area contributed by atoms with Gasteiger partial charge in [0.2, 0.25) is 0 Å². The molecular formula is C65H60GeIrN4S-2. The van der Waals surface area contributed by atoms with Crippen LogP contribution in [-0.2, 0) is 26.5 Å². The molecule has 0 amide bonds. The monoisotopic (exact) mass is 1200 g/mol. The minimum absolute atomic E-state index is 0. The standard InChI is InChI=1S/C47H36N3S.C18H24GeN.Ir/c1-28(2)31-19-13-20-32(29(3)4)44(31)50-45-33-15-6-5-14-30(33)24-26-38(45)48-47(50)37-25-27-41(43-36-18-9-12-23-42(36)51-46(37)43)49-39-21-10-7-16-34(39)35-17-8-11-22-40(35)49;1-14(2)11-16-12-18(15-9-7-6-8-10-15)20-13-17(16)19(3,4)5;/h5-24,26-29H,1-4H3;6-9,12-14H,11H2,1-5H3;/q2*-1;. The Morgan fingerprint density at radius 1 is 0.625 bits per heavy atom. The van der Waals surface area contributed by atoms with Crippen molar-refractivity contribution in [2.24, 2.45) is 5.92 Å². The molecule has 4 heterocycles. The molecule has 12 aromatic rings. The maximum absolute atomic E-state index is 5.55. The van der Waals surface area contributed by atoms with Crippen molar-refractivity contribution in [3.8, 4) is 34.0 Å². The van der Waals surface area contributed by atoms with Crippen LogP contribution in [0.4, 0.5) is 0 Å². The van der Waals surface area contributed by atoms with Gasteiger partial charge in [-0.2, -0.15) is 11.3 Å². The molecule has 0 unspecified atom stereocenters. The summed E-state index contributed by atoms with van der Waals surface area (Å²) in [6.45, 7) is 13.8. The van der Waals surface area contributed by atoms with E-state index in [0.29, 0.717) is 17.8 Å². The Bertz CT molecular complexity index is 3870. The first-order chi connectivity index (χ1) is 34.4. The maximum Gasteiger partial charge on any atom is 0.0781 e. The molecule has 72 heavy (non-hydrogen) atoms. The molecule has 0 N–H and O–H groups in total. The van der Waals surface area contributed by atoms with E-state index in [0.717, 1.165) is 45.8 Å². The number of pyridine rings is 1. The zero-order valence-corrected chi connectivity index (χ0v) is 47.9. The molecule has 0 aliphatic carbocycles. The van der Waals surface area contributed by atoms with Crippen molar-refractivity contribution in [2.75, 3.05) is 0 Å². The number of fused-ring (bicyclic) bond motifs is 9. The van der Waals surface area contributed by atoms with Crippen LogP contribution in [0, 0.1) is 18.1 Å². The third kappa shape index (κ3) is 8.85. The van der Waals surface area contributed by atoms with Crippen LogP contribution in [0.5, 0.6) is 0 Å². The van der Waals surface area contributed by atoms with E-state index in [1.54, 1.807) is 4.40 Å². The second-order valence-corrected chi connectivity index (χ2v) is 32.7. The van der Waals surface area contributed by atoms with Gasteiger partial charge in [-0.25, -0.2) is 0 Å². The van der Waals surface area contributed by atoms with E-state index < -0.39 is 13.3 Å². The number of imidazole rings is 1. The molecule has 0 saturated heterocycles. The summed E-state index contributed by atoms with van der Waals surface area (Å²) in [6, 6.07) is 66.1. The molecule has 0 saturated carbocycles. The Labute approximate surface area is 444 Å². The largest absolute Gasteiger partial charge is 0.350 e. The number of benzene rings is 8. The van der Waals surface area contributed by atoms with E-state index in [-0.39, 0.29) is 20.1 Å². The second-order valence-electron chi connectivity index (χ2n) is 21.1. The van der Waals surface area contributed by atoms with Crippen LogP contribution in [0.3, 0.4) is 0 Å². The number of aromatic nitrogens is 4. The first-order valence-corrected chi connectivity index (χ1v) is 33.4. The van der Waals surface area contributed by atoms with Crippen molar-refractivity contribution >= 4 is 92.8 Å². The molecule has 4 nitrogen and oxygen atoms in total. The Morgan fingerprint density at radius 3 is 1.89 bits per heavy atom. The molecule has 8 aromatic carbocycles. The van der Waals surface area contributed by atoms with Gasteiger partial charge in [0.1, 0.15) is 0 Å². The van der Waals surface area contributed by atoms with Gasteiger partial charge in [-0.05, 0) is 68.4 Å². The number of hydrogen-bond acceptors (Lipinski definition) is 3. The van der Waals surface area contributed by atoms with Crippen LogP contribution in [-0.4, -0.2) is 32.4 Å². The number of thiophene rings is 1. The van der Waals surface area contributed by atoms with Gasteiger partial charge in [0.25, 0.3) is 0 Å². The van der Waals surface area contributed by atoms with Gasteiger partial charge in [0, 0.05) is 57.7 Å². The Hall–Kier alpha value is -6.15. The third-order valence-electron chi connectivity index (χ3n) is 14.0. The fourth-order valence-corrected chi connectivity index (χ4v) is 15.3. The van der Waals surface area contributed by atoms with Gasteiger partial charge >= 0.3 is 126 Å². The Morgan fingerprint density at radius 2 is 1.25 bits per heavy atom. The molecule has 12 rings (SSSR count). The van der Waals surface area contributed by atoms with E-state index in [1.165, 1.54) is 75.1 Å². The quantitative estimate of drug-likeness (QED) is 0.107. The molecular weight excluding hydrogens is 1130 g/mol. The van der Waals surface area contributed by atoms with Gasteiger partial charge in [-0.3, -0.25) is 4.98 Å². The molecule has 0 fully saturated rings. The summed E-state index contributed by atoms with van der Waals surface area (Å²) in [5.41, 5.74) is 14.2. The van der Waals surface area contributed by atoms with E-state index >= 15 is 0 Å². The molecule has 4 aromatic heterocycles. The van der Waals surface area contributed by atoms with Crippen LogP contribution in [0.2, 0.25) is 17.3 Å². The van der Waals surface area contributed by atoms with E-state index in [9.17, 15) is 0 Å². The molecule has 7 heteroatoms. The van der Waals surface area contributed by atoms with Crippen molar-refractivity contribution in [3.05, 3.63) is 199 Å².